The van der Waals surface area contributed by atoms with Gasteiger partial charge < -0.3 is 9.47 Å². The lowest BCUT2D eigenvalue weighted by molar-refractivity contribution is 0.239. The van der Waals surface area contributed by atoms with Gasteiger partial charge in [-0.15, -0.1) is 11.3 Å². The Morgan fingerprint density at radius 2 is 1.85 bits per heavy atom. The highest BCUT2D eigenvalue weighted by Crippen LogP contribution is 2.34. The van der Waals surface area contributed by atoms with E-state index in [1.165, 1.54) is 22.5 Å². The summed E-state index contributed by atoms with van der Waals surface area (Å²) in [5.74, 6) is 1.63. The van der Waals surface area contributed by atoms with E-state index in [0.29, 0.717) is 19.8 Å². The SMILES string of the molecule is CCOc1cc2c(cc1OCC)CN(Cc1cc(=O)n3ccsc3n1)CC2. The molecule has 0 fully saturated rings. The highest BCUT2D eigenvalue weighted by molar-refractivity contribution is 7.15. The van der Waals surface area contributed by atoms with Crippen molar-refractivity contribution in [2.75, 3.05) is 19.8 Å². The van der Waals surface area contributed by atoms with Crippen molar-refractivity contribution >= 4 is 16.3 Å². The van der Waals surface area contributed by atoms with E-state index in [1.807, 2.05) is 19.2 Å². The minimum absolute atomic E-state index is 0.0198. The number of thiazole rings is 1. The number of aromatic nitrogens is 2. The molecule has 7 heteroatoms. The molecule has 0 radical (unpaired) electrons. The normalized spacial score (nSPS) is 14.3. The Morgan fingerprint density at radius 1 is 1.11 bits per heavy atom. The predicted molar refractivity (Wildman–Crippen MR) is 106 cm³/mol. The fourth-order valence-electron chi connectivity index (χ4n) is 3.49. The Hall–Kier alpha value is -2.38. The van der Waals surface area contributed by atoms with E-state index in [-0.39, 0.29) is 5.56 Å². The maximum atomic E-state index is 12.2. The zero-order chi connectivity index (χ0) is 18.8. The van der Waals surface area contributed by atoms with E-state index in [2.05, 4.69) is 22.0 Å². The molecule has 3 heterocycles. The summed E-state index contributed by atoms with van der Waals surface area (Å²) in [6.07, 6.45) is 2.71. The Balaban J connectivity index is 1.56. The fourth-order valence-corrected chi connectivity index (χ4v) is 4.23. The number of rotatable bonds is 6. The molecule has 1 aromatic carbocycles. The van der Waals surface area contributed by atoms with Gasteiger partial charge in [-0.3, -0.25) is 14.1 Å². The number of ether oxygens (including phenoxy) is 2. The summed E-state index contributed by atoms with van der Waals surface area (Å²) >= 11 is 1.48. The van der Waals surface area contributed by atoms with Gasteiger partial charge in [-0.1, -0.05) is 0 Å². The highest BCUT2D eigenvalue weighted by atomic mass is 32.1. The zero-order valence-electron chi connectivity index (χ0n) is 15.6. The van der Waals surface area contributed by atoms with Crippen LogP contribution in [-0.4, -0.2) is 34.0 Å². The van der Waals surface area contributed by atoms with Gasteiger partial charge in [0.05, 0.1) is 18.9 Å². The fraction of sp³-hybridized carbons (Fsp3) is 0.400. The summed E-state index contributed by atoms with van der Waals surface area (Å²) in [4.78, 5) is 19.9. The van der Waals surface area contributed by atoms with Crippen molar-refractivity contribution < 1.29 is 9.47 Å². The first-order valence-corrected chi connectivity index (χ1v) is 10.2. The smallest absolute Gasteiger partial charge is 0.258 e. The molecular formula is C20H23N3O3S. The molecule has 3 aromatic rings. The monoisotopic (exact) mass is 385 g/mol. The Kier molecular flexibility index (Phi) is 5.13. The molecule has 0 atom stereocenters. The van der Waals surface area contributed by atoms with Gasteiger partial charge in [0.25, 0.3) is 5.56 Å². The summed E-state index contributed by atoms with van der Waals surface area (Å²) in [6.45, 7) is 7.60. The summed E-state index contributed by atoms with van der Waals surface area (Å²) in [6, 6.07) is 5.85. The van der Waals surface area contributed by atoms with Gasteiger partial charge in [-0.25, -0.2) is 4.98 Å². The van der Waals surface area contributed by atoms with E-state index in [1.54, 1.807) is 16.7 Å². The first kappa shape index (κ1) is 18.0. The van der Waals surface area contributed by atoms with Crippen LogP contribution >= 0.6 is 11.3 Å². The molecule has 1 aliphatic heterocycles. The number of nitrogens with zero attached hydrogens (tertiary/aromatic N) is 3. The molecule has 0 saturated carbocycles. The Bertz CT molecular complexity index is 1010. The standard InChI is InChI=1S/C20H23N3O3S/c1-3-25-17-9-14-5-6-22(12-15(14)10-18(17)26-4-2)13-16-11-19(24)23-7-8-27-20(23)21-16/h7-11H,3-6,12-13H2,1-2H3. The van der Waals surface area contributed by atoms with Gasteiger partial charge in [0, 0.05) is 37.3 Å². The summed E-state index contributed by atoms with van der Waals surface area (Å²) in [5, 5.41) is 1.88. The Morgan fingerprint density at radius 3 is 2.59 bits per heavy atom. The van der Waals surface area contributed by atoms with E-state index >= 15 is 0 Å². The molecule has 0 bridgehead atoms. The van der Waals surface area contributed by atoms with E-state index in [0.717, 1.165) is 41.7 Å². The summed E-state index contributed by atoms with van der Waals surface area (Å²) in [5.41, 5.74) is 3.36. The molecular weight excluding hydrogens is 362 g/mol. The van der Waals surface area contributed by atoms with Crippen LogP contribution in [0.3, 0.4) is 0 Å². The maximum Gasteiger partial charge on any atom is 0.258 e. The molecule has 1 aliphatic rings. The molecule has 4 rings (SSSR count). The molecule has 6 nitrogen and oxygen atoms in total. The molecule has 142 valence electrons. The highest BCUT2D eigenvalue weighted by Gasteiger charge is 2.20. The van der Waals surface area contributed by atoms with Gasteiger partial charge in [-0.05, 0) is 43.5 Å². The lowest BCUT2D eigenvalue weighted by Gasteiger charge is -2.29. The second-order valence-corrected chi connectivity index (χ2v) is 7.41. The van der Waals surface area contributed by atoms with Gasteiger partial charge in [0.15, 0.2) is 16.5 Å². The lowest BCUT2D eigenvalue weighted by Crippen LogP contribution is -2.31. The average Bonchev–Trinajstić information content (AvgIpc) is 3.12. The molecule has 0 spiro atoms. The van der Waals surface area contributed by atoms with Gasteiger partial charge >= 0.3 is 0 Å². The third-order valence-electron chi connectivity index (χ3n) is 4.70. The van der Waals surface area contributed by atoms with Gasteiger partial charge in [0.2, 0.25) is 0 Å². The third-order valence-corrected chi connectivity index (χ3v) is 5.46. The minimum atomic E-state index is -0.0198. The summed E-state index contributed by atoms with van der Waals surface area (Å²) in [7, 11) is 0. The topological polar surface area (TPSA) is 56.1 Å². The van der Waals surface area contributed by atoms with Gasteiger partial charge in [0.1, 0.15) is 0 Å². The molecule has 0 amide bonds. The quantitative estimate of drug-likeness (QED) is 0.653. The second-order valence-electron chi connectivity index (χ2n) is 6.54. The molecule has 0 unspecified atom stereocenters. The van der Waals surface area contributed by atoms with Crippen molar-refractivity contribution in [3.05, 3.63) is 57.0 Å². The van der Waals surface area contributed by atoms with Crippen molar-refractivity contribution in [2.45, 2.75) is 33.4 Å². The van der Waals surface area contributed by atoms with Gasteiger partial charge in [-0.2, -0.15) is 0 Å². The van der Waals surface area contributed by atoms with Crippen LogP contribution < -0.4 is 15.0 Å². The van der Waals surface area contributed by atoms with Crippen molar-refractivity contribution in [3.8, 4) is 11.5 Å². The van der Waals surface area contributed by atoms with E-state index in [9.17, 15) is 4.79 Å². The molecule has 27 heavy (non-hydrogen) atoms. The molecule has 2 aromatic heterocycles. The average molecular weight is 385 g/mol. The van der Waals surface area contributed by atoms with Crippen molar-refractivity contribution in [1.82, 2.24) is 14.3 Å². The first-order chi connectivity index (χ1) is 13.2. The summed E-state index contributed by atoms with van der Waals surface area (Å²) < 4.78 is 13.1. The van der Waals surface area contributed by atoms with Crippen LogP contribution in [0, 0.1) is 0 Å². The maximum absolute atomic E-state index is 12.2. The van der Waals surface area contributed by atoms with Crippen LogP contribution in [0.4, 0.5) is 0 Å². The van der Waals surface area contributed by atoms with Crippen LogP contribution in [0.25, 0.3) is 4.96 Å². The zero-order valence-corrected chi connectivity index (χ0v) is 16.4. The number of hydrogen-bond donors (Lipinski definition) is 0. The third kappa shape index (κ3) is 3.70. The van der Waals surface area contributed by atoms with Crippen LogP contribution in [-0.2, 0) is 19.5 Å². The van der Waals surface area contributed by atoms with Crippen LogP contribution in [0.1, 0.15) is 30.7 Å². The molecule has 0 saturated heterocycles. The predicted octanol–water partition coefficient (Wildman–Crippen LogP) is 3.11. The molecule has 0 aliphatic carbocycles. The Labute approximate surface area is 162 Å². The number of benzene rings is 1. The number of hydrogen-bond acceptors (Lipinski definition) is 6. The van der Waals surface area contributed by atoms with Crippen molar-refractivity contribution in [2.24, 2.45) is 0 Å². The van der Waals surface area contributed by atoms with Crippen LogP contribution in [0.5, 0.6) is 11.5 Å². The second kappa shape index (κ2) is 7.70. The lowest BCUT2D eigenvalue weighted by atomic mass is 9.98. The van der Waals surface area contributed by atoms with Crippen molar-refractivity contribution in [3.63, 3.8) is 0 Å². The first-order valence-electron chi connectivity index (χ1n) is 9.27. The van der Waals surface area contributed by atoms with Crippen LogP contribution in [0.15, 0.2) is 34.6 Å². The minimum Gasteiger partial charge on any atom is -0.490 e. The van der Waals surface area contributed by atoms with E-state index in [4.69, 9.17) is 9.47 Å². The molecule has 0 N–H and O–H groups in total. The van der Waals surface area contributed by atoms with E-state index < -0.39 is 0 Å². The largest absolute Gasteiger partial charge is 0.490 e. The van der Waals surface area contributed by atoms with Crippen molar-refractivity contribution in [1.29, 1.82) is 0 Å². The van der Waals surface area contributed by atoms with Crippen LogP contribution in [0.2, 0.25) is 0 Å². The number of fused-ring (bicyclic) bond motifs is 2.